The van der Waals surface area contributed by atoms with E-state index in [0.717, 1.165) is 23.1 Å². The monoisotopic (exact) mass is 510 g/mol. The number of anilines is 3. The Morgan fingerprint density at radius 2 is 2.19 bits per heavy atom. The van der Waals surface area contributed by atoms with E-state index in [-0.39, 0.29) is 23.5 Å². The number of carbonyl (C=O) groups excluding carboxylic acids is 1. The number of aromatic nitrogens is 2. The molecule has 9 heteroatoms. The molecule has 0 spiro atoms. The van der Waals surface area contributed by atoms with Crippen LogP contribution in [0, 0.1) is 5.82 Å². The fourth-order valence-electron chi connectivity index (χ4n) is 3.93. The Labute approximate surface area is 214 Å². The minimum Gasteiger partial charge on any atom is -0.394 e. The van der Waals surface area contributed by atoms with Gasteiger partial charge in [-0.25, -0.2) is 9.37 Å². The van der Waals surface area contributed by atoms with E-state index in [9.17, 15) is 14.3 Å². The maximum Gasteiger partial charge on any atom is 0.229 e. The van der Waals surface area contributed by atoms with E-state index in [1.165, 1.54) is 12.1 Å². The summed E-state index contributed by atoms with van der Waals surface area (Å²) in [5, 5.41) is 12.7. The number of ketones is 1. The molecule has 0 saturated carbocycles. The number of halogens is 2. The first-order chi connectivity index (χ1) is 17.5. The van der Waals surface area contributed by atoms with Crippen molar-refractivity contribution in [3.8, 4) is 11.1 Å². The zero-order chi connectivity index (χ0) is 25.5. The number of allylic oxidation sites excluding steroid dienone is 1. The van der Waals surface area contributed by atoms with Crippen LogP contribution in [0.2, 0.25) is 5.02 Å². The highest BCUT2D eigenvalue weighted by Gasteiger charge is 2.24. The van der Waals surface area contributed by atoms with Crippen molar-refractivity contribution in [1.29, 1.82) is 0 Å². The number of aliphatic hydroxyl groups is 1. The van der Waals surface area contributed by atoms with Gasteiger partial charge in [0, 0.05) is 37.0 Å². The van der Waals surface area contributed by atoms with E-state index >= 15 is 0 Å². The van der Waals surface area contributed by atoms with Crippen LogP contribution < -0.4 is 10.2 Å². The first-order valence-electron chi connectivity index (χ1n) is 11.8. The summed E-state index contributed by atoms with van der Waals surface area (Å²) in [6, 6.07) is 12.1. The normalized spacial score (nSPS) is 15.9. The average Bonchev–Trinajstić information content (AvgIpc) is 2.90. The fourth-order valence-corrected chi connectivity index (χ4v) is 4.11. The molecule has 2 heterocycles. The molecule has 4 rings (SSSR count). The molecule has 1 aliphatic heterocycles. The van der Waals surface area contributed by atoms with Gasteiger partial charge in [0.2, 0.25) is 5.95 Å². The number of ether oxygens (including phenoxy) is 1. The number of hydrogen-bond acceptors (Lipinski definition) is 7. The average molecular weight is 511 g/mol. The van der Waals surface area contributed by atoms with Crippen LogP contribution in [0.3, 0.4) is 0 Å². The second-order valence-corrected chi connectivity index (χ2v) is 8.89. The number of rotatable bonds is 9. The number of nitrogens with zero attached hydrogens (tertiary/aromatic N) is 3. The fraction of sp³-hybridized carbons (Fsp3) is 0.296. The molecule has 1 unspecified atom stereocenters. The van der Waals surface area contributed by atoms with E-state index in [2.05, 4.69) is 15.2 Å². The first-order valence-corrected chi connectivity index (χ1v) is 12.2. The molecule has 3 aromatic rings. The van der Waals surface area contributed by atoms with Crippen molar-refractivity contribution in [2.45, 2.75) is 25.9 Å². The number of aliphatic hydroxyl groups excluding tert-OH is 1. The number of morpholine rings is 1. The van der Waals surface area contributed by atoms with E-state index < -0.39 is 5.82 Å². The standard InChI is InChI=1S/C27H28ClFN4O3/c1-2-4-21(35)9-7-18-5-3-6-19(13-18)23-15-30-27(31-20-8-10-25(29)24(28)14-20)32-26(23)33-11-12-36-22(16-33)17-34/h3,5-10,13-15,22,34H,2,4,11-12,16-17H2,1H3,(H,30,31,32)/b9-7+. The van der Waals surface area contributed by atoms with Gasteiger partial charge in [0.25, 0.3) is 0 Å². The molecule has 0 amide bonds. The van der Waals surface area contributed by atoms with Crippen molar-refractivity contribution < 1.29 is 19.0 Å². The Hall–Kier alpha value is -3.33. The van der Waals surface area contributed by atoms with Gasteiger partial charge < -0.3 is 20.1 Å². The SMILES string of the molecule is CCCC(=O)/C=C/c1cccc(-c2cnc(Nc3ccc(F)c(Cl)c3)nc2N2CCOC(CO)C2)c1. The van der Waals surface area contributed by atoms with E-state index in [1.54, 1.807) is 18.3 Å². The van der Waals surface area contributed by atoms with Gasteiger partial charge in [0.15, 0.2) is 5.78 Å². The van der Waals surface area contributed by atoms with Gasteiger partial charge in [-0.3, -0.25) is 4.79 Å². The summed E-state index contributed by atoms with van der Waals surface area (Å²) in [5.41, 5.74) is 3.13. The Balaban J connectivity index is 1.69. The van der Waals surface area contributed by atoms with Gasteiger partial charge in [0.05, 0.1) is 24.3 Å². The van der Waals surface area contributed by atoms with Gasteiger partial charge in [-0.1, -0.05) is 42.8 Å². The molecule has 0 radical (unpaired) electrons. The van der Waals surface area contributed by atoms with Crippen molar-refractivity contribution in [1.82, 2.24) is 9.97 Å². The Bertz CT molecular complexity index is 1250. The second kappa shape index (κ2) is 12.1. The zero-order valence-electron chi connectivity index (χ0n) is 20.0. The summed E-state index contributed by atoms with van der Waals surface area (Å²) in [6.07, 6.45) is 6.15. The predicted octanol–water partition coefficient (Wildman–Crippen LogP) is 5.26. The highest BCUT2D eigenvalue weighted by Crippen LogP contribution is 2.32. The summed E-state index contributed by atoms with van der Waals surface area (Å²) in [4.78, 5) is 23.3. The van der Waals surface area contributed by atoms with Crippen LogP contribution in [0.25, 0.3) is 17.2 Å². The maximum absolute atomic E-state index is 13.6. The molecular formula is C27H28ClFN4O3. The van der Waals surface area contributed by atoms with Gasteiger partial charge >= 0.3 is 0 Å². The number of carbonyl (C=O) groups is 1. The summed E-state index contributed by atoms with van der Waals surface area (Å²) < 4.78 is 19.2. The van der Waals surface area contributed by atoms with Crippen molar-refractivity contribution in [3.63, 3.8) is 0 Å². The molecule has 1 fully saturated rings. The molecule has 1 aliphatic rings. The van der Waals surface area contributed by atoms with Gasteiger partial charge in [-0.15, -0.1) is 0 Å². The lowest BCUT2D eigenvalue weighted by Crippen LogP contribution is -2.44. The third-order valence-corrected chi connectivity index (χ3v) is 6.03. The Morgan fingerprint density at radius 1 is 1.33 bits per heavy atom. The second-order valence-electron chi connectivity index (χ2n) is 8.48. The minimum absolute atomic E-state index is 0.00176. The van der Waals surface area contributed by atoms with Crippen molar-refractivity contribution in [3.05, 3.63) is 71.1 Å². The highest BCUT2D eigenvalue weighted by atomic mass is 35.5. The third-order valence-electron chi connectivity index (χ3n) is 5.74. The molecule has 1 atom stereocenters. The first kappa shape index (κ1) is 25.8. The number of nitrogens with one attached hydrogen (secondary N) is 1. The van der Waals surface area contributed by atoms with Crippen LogP contribution in [0.15, 0.2) is 54.7 Å². The van der Waals surface area contributed by atoms with E-state index in [1.807, 2.05) is 37.3 Å². The zero-order valence-corrected chi connectivity index (χ0v) is 20.7. The largest absolute Gasteiger partial charge is 0.394 e. The summed E-state index contributed by atoms with van der Waals surface area (Å²) in [6.45, 7) is 3.39. The topological polar surface area (TPSA) is 87.6 Å². The predicted molar refractivity (Wildman–Crippen MR) is 140 cm³/mol. The van der Waals surface area contributed by atoms with Gasteiger partial charge in [-0.2, -0.15) is 4.98 Å². The van der Waals surface area contributed by atoms with E-state index in [0.29, 0.717) is 43.6 Å². The van der Waals surface area contributed by atoms with E-state index in [4.69, 9.17) is 21.3 Å². The lowest BCUT2D eigenvalue weighted by molar-refractivity contribution is -0.114. The Morgan fingerprint density at radius 3 is 2.97 bits per heavy atom. The van der Waals surface area contributed by atoms with Crippen molar-refractivity contribution in [2.24, 2.45) is 0 Å². The summed E-state index contributed by atoms with van der Waals surface area (Å²) >= 11 is 5.92. The van der Waals surface area contributed by atoms with Crippen LogP contribution in [-0.4, -0.2) is 53.3 Å². The molecule has 7 nitrogen and oxygen atoms in total. The molecule has 36 heavy (non-hydrogen) atoms. The highest BCUT2D eigenvalue weighted by molar-refractivity contribution is 6.31. The molecule has 1 saturated heterocycles. The van der Waals surface area contributed by atoms with Crippen molar-refractivity contribution >= 4 is 40.9 Å². The van der Waals surface area contributed by atoms with Crippen LogP contribution in [0.5, 0.6) is 0 Å². The molecule has 188 valence electrons. The Kier molecular flexibility index (Phi) is 8.64. The van der Waals surface area contributed by atoms with Crippen molar-refractivity contribution in [2.75, 3.05) is 36.5 Å². The molecule has 0 bridgehead atoms. The van der Waals surface area contributed by atoms with Crippen LogP contribution >= 0.6 is 11.6 Å². The summed E-state index contributed by atoms with van der Waals surface area (Å²) in [5.74, 6) is 0.579. The van der Waals surface area contributed by atoms with Crippen LogP contribution in [0.1, 0.15) is 25.3 Å². The van der Waals surface area contributed by atoms with Crippen LogP contribution in [-0.2, 0) is 9.53 Å². The molecular weight excluding hydrogens is 483 g/mol. The van der Waals surface area contributed by atoms with Gasteiger partial charge in [-0.05, 0) is 47.9 Å². The molecule has 0 aliphatic carbocycles. The summed E-state index contributed by atoms with van der Waals surface area (Å²) in [7, 11) is 0. The number of hydrogen-bond donors (Lipinski definition) is 2. The molecule has 1 aromatic heterocycles. The lowest BCUT2D eigenvalue weighted by Gasteiger charge is -2.34. The molecule has 2 N–H and O–H groups in total. The quantitative estimate of drug-likeness (QED) is 0.380. The third kappa shape index (κ3) is 6.46. The van der Waals surface area contributed by atoms with Gasteiger partial charge in [0.1, 0.15) is 11.6 Å². The number of benzene rings is 2. The van der Waals surface area contributed by atoms with Crippen LogP contribution in [0.4, 0.5) is 21.8 Å². The molecule has 2 aromatic carbocycles. The lowest BCUT2D eigenvalue weighted by atomic mass is 10.0. The minimum atomic E-state index is -0.507. The smallest absolute Gasteiger partial charge is 0.229 e. The maximum atomic E-state index is 13.6.